The molecule has 0 unspecified atom stereocenters. The predicted molar refractivity (Wildman–Crippen MR) is 92.3 cm³/mol. The van der Waals surface area contributed by atoms with E-state index < -0.39 is 5.82 Å². The van der Waals surface area contributed by atoms with Gasteiger partial charge >= 0.3 is 0 Å². The van der Waals surface area contributed by atoms with Gasteiger partial charge in [-0.1, -0.05) is 25.5 Å². The molecule has 2 aromatic rings. The molecule has 1 amide bonds. The minimum Gasteiger partial charge on any atom is -0.326 e. The third-order valence-electron chi connectivity index (χ3n) is 4.70. The van der Waals surface area contributed by atoms with E-state index in [4.69, 9.17) is 0 Å². The Morgan fingerprint density at radius 1 is 1.38 bits per heavy atom. The first-order valence-corrected chi connectivity index (χ1v) is 8.04. The number of halogens is 1. The number of rotatable bonds is 4. The summed E-state index contributed by atoms with van der Waals surface area (Å²) in [5.41, 5.74) is 2.02. The average Bonchev–Trinajstić information content (AvgIpc) is 2.88. The van der Waals surface area contributed by atoms with Gasteiger partial charge in [-0.2, -0.15) is 0 Å². The molecule has 1 aliphatic rings. The lowest BCUT2D eigenvalue weighted by molar-refractivity contribution is -0.118. The Morgan fingerprint density at radius 2 is 2.12 bits per heavy atom. The Bertz CT molecular complexity index is 789. The summed E-state index contributed by atoms with van der Waals surface area (Å²) in [4.78, 5) is 16.4. The second-order valence-electron chi connectivity index (χ2n) is 7.19. The standard InChI is InChI=1S/C19H22FN3O/c1-12(2)9-14-17(19(14,3)4)18(24)22-13-5-6-16(15(20)10-13)23-8-7-21-11-23/h5-11,14,17H,1-4H3,(H,22,24)/t14-,17-/m0/s1. The van der Waals surface area contributed by atoms with Gasteiger partial charge in [-0.25, -0.2) is 9.37 Å². The van der Waals surface area contributed by atoms with Crippen molar-refractivity contribution < 1.29 is 9.18 Å². The molecule has 3 rings (SSSR count). The van der Waals surface area contributed by atoms with E-state index in [1.54, 1.807) is 29.1 Å². The van der Waals surface area contributed by atoms with Crippen LogP contribution in [0.4, 0.5) is 10.1 Å². The molecule has 1 aromatic heterocycles. The van der Waals surface area contributed by atoms with Gasteiger partial charge in [-0.15, -0.1) is 0 Å². The number of imidazole rings is 1. The highest BCUT2D eigenvalue weighted by Gasteiger charge is 2.60. The summed E-state index contributed by atoms with van der Waals surface area (Å²) in [5.74, 6) is -0.305. The number of nitrogens with one attached hydrogen (secondary N) is 1. The molecule has 0 bridgehead atoms. The van der Waals surface area contributed by atoms with Crippen LogP contribution in [0.5, 0.6) is 0 Å². The Morgan fingerprint density at radius 3 is 2.71 bits per heavy atom. The van der Waals surface area contributed by atoms with Gasteiger partial charge in [0.25, 0.3) is 0 Å². The van der Waals surface area contributed by atoms with Crippen molar-refractivity contribution in [3.63, 3.8) is 0 Å². The lowest BCUT2D eigenvalue weighted by Crippen LogP contribution is -2.17. The molecule has 2 atom stereocenters. The van der Waals surface area contributed by atoms with Crippen molar-refractivity contribution in [3.05, 3.63) is 54.4 Å². The lowest BCUT2D eigenvalue weighted by atomic mass is 10.1. The van der Waals surface area contributed by atoms with Crippen LogP contribution < -0.4 is 5.32 Å². The molecule has 1 saturated carbocycles. The van der Waals surface area contributed by atoms with E-state index in [0.717, 1.165) is 0 Å². The zero-order valence-electron chi connectivity index (χ0n) is 14.4. The van der Waals surface area contributed by atoms with Crippen LogP contribution in [0.1, 0.15) is 27.7 Å². The summed E-state index contributed by atoms with van der Waals surface area (Å²) in [6.07, 6.45) is 6.95. The van der Waals surface area contributed by atoms with Crippen molar-refractivity contribution in [2.45, 2.75) is 27.7 Å². The van der Waals surface area contributed by atoms with Crippen molar-refractivity contribution >= 4 is 11.6 Å². The number of hydrogen-bond donors (Lipinski definition) is 1. The highest BCUT2D eigenvalue weighted by molar-refractivity contribution is 5.95. The second-order valence-corrected chi connectivity index (χ2v) is 7.19. The van der Waals surface area contributed by atoms with Crippen molar-refractivity contribution in [2.75, 3.05) is 5.32 Å². The van der Waals surface area contributed by atoms with Gasteiger partial charge in [0.05, 0.1) is 17.9 Å². The Labute approximate surface area is 141 Å². The molecule has 5 heteroatoms. The van der Waals surface area contributed by atoms with E-state index >= 15 is 0 Å². The maximum atomic E-state index is 14.3. The topological polar surface area (TPSA) is 46.9 Å². The third-order valence-corrected chi connectivity index (χ3v) is 4.70. The molecule has 1 N–H and O–H groups in total. The SMILES string of the molecule is CC(C)=C[C@H]1[C@@H](C(=O)Nc2ccc(-n3ccnc3)c(F)c2)C1(C)C. The molecule has 0 aliphatic heterocycles. The molecule has 24 heavy (non-hydrogen) atoms. The number of carbonyl (C=O) groups is 1. The predicted octanol–water partition coefficient (Wildman–Crippen LogP) is 4.19. The number of anilines is 1. The second kappa shape index (κ2) is 5.89. The first-order valence-electron chi connectivity index (χ1n) is 8.04. The molecule has 0 radical (unpaired) electrons. The van der Waals surface area contributed by atoms with E-state index in [2.05, 4.69) is 30.2 Å². The number of allylic oxidation sites excluding steroid dienone is 2. The fourth-order valence-electron chi connectivity index (χ4n) is 3.26. The van der Waals surface area contributed by atoms with Gasteiger partial charge in [0.1, 0.15) is 5.82 Å². The monoisotopic (exact) mass is 327 g/mol. The molecule has 126 valence electrons. The summed E-state index contributed by atoms with van der Waals surface area (Å²) in [7, 11) is 0. The molecular formula is C19H22FN3O. The van der Waals surface area contributed by atoms with Crippen LogP contribution >= 0.6 is 0 Å². The van der Waals surface area contributed by atoms with Crippen LogP contribution in [0.2, 0.25) is 0 Å². The van der Waals surface area contributed by atoms with Crippen molar-refractivity contribution in [2.24, 2.45) is 17.3 Å². The van der Waals surface area contributed by atoms with Crippen LogP contribution in [0, 0.1) is 23.1 Å². The van der Waals surface area contributed by atoms with E-state index in [1.807, 2.05) is 13.8 Å². The van der Waals surface area contributed by atoms with Crippen molar-refractivity contribution in [1.82, 2.24) is 9.55 Å². The number of nitrogens with zero attached hydrogens (tertiary/aromatic N) is 2. The first-order chi connectivity index (χ1) is 11.3. The van der Waals surface area contributed by atoms with Gasteiger partial charge in [-0.05, 0) is 43.4 Å². The van der Waals surface area contributed by atoms with Gasteiger partial charge in [0.15, 0.2) is 0 Å². The molecule has 4 nitrogen and oxygen atoms in total. The Hall–Kier alpha value is -2.43. The van der Waals surface area contributed by atoms with Gasteiger partial charge in [-0.3, -0.25) is 4.79 Å². The summed E-state index contributed by atoms with van der Waals surface area (Å²) < 4.78 is 15.9. The third kappa shape index (κ3) is 2.98. The maximum Gasteiger partial charge on any atom is 0.228 e. The molecule has 1 aromatic carbocycles. The Balaban J connectivity index is 1.74. The first kappa shape index (κ1) is 16.4. The number of aromatic nitrogens is 2. The molecule has 1 fully saturated rings. The van der Waals surface area contributed by atoms with E-state index in [9.17, 15) is 9.18 Å². The molecular weight excluding hydrogens is 305 g/mol. The summed E-state index contributed by atoms with van der Waals surface area (Å²) in [5, 5.41) is 2.84. The van der Waals surface area contributed by atoms with E-state index in [-0.39, 0.29) is 23.2 Å². The largest absolute Gasteiger partial charge is 0.326 e. The summed E-state index contributed by atoms with van der Waals surface area (Å²) in [6, 6.07) is 4.69. The van der Waals surface area contributed by atoms with E-state index in [0.29, 0.717) is 11.4 Å². The lowest BCUT2D eigenvalue weighted by Gasteiger charge is -2.09. The normalized spacial score (nSPS) is 21.2. The molecule has 1 aliphatic carbocycles. The number of carbonyl (C=O) groups excluding carboxylic acids is 1. The van der Waals surface area contributed by atoms with Gasteiger partial charge in [0.2, 0.25) is 5.91 Å². The number of amides is 1. The maximum absolute atomic E-state index is 14.3. The highest BCUT2D eigenvalue weighted by Crippen LogP contribution is 2.59. The van der Waals surface area contributed by atoms with Crippen LogP contribution in [0.15, 0.2) is 48.6 Å². The zero-order chi connectivity index (χ0) is 17.5. The number of benzene rings is 1. The van der Waals surface area contributed by atoms with E-state index in [1.165, 1.54) is 18.0 Å². The van der Waals surface area contributed by atoms with Crippen molar-refractivity contribution in [1.29, 1.82) is 0 Å². The summed E-state index contributed by atoms with van der Waals surface area (Å²) >= 11 is 0. The van der Waals surface area contributed by atoms with Crippen molar-refractivity contribution in [3.8, 4) is 5.69 Å². The molecule has 1 heterocycles. The molecule has 0 saturated heterocycles. The van der Waals surface area contributed by atoms with Crippen LogP contribution in [-0.2, 0) is 4.79 Å². The van der Waals surface area contributed by atoms with Crippen LogP contribution in [0.25, 0.3) is 5.69 Å². The molecule has 0 spiro atoms. The minimum absolute atomic E-state index is 0.0581. The fraction of sp³-hybridized carbons (Fsp3) is 0.368. The van der Waals surface area contributed by atoms with Gasteiger partial charge in [0, 0.05) is 18.1 Å². The average molecular weight is 327 g/mol. The smallest absolute Gasteiger partial charge is 0.228 e. The minimum atomic E-state index is -0.401. The quantitative estimate of drug-likeness (QED) is 0.856. The number of hydrogen-bond acceptors (Lipinski definition) is 2. The van der Waals surface area contributed by atoms with Crippen LogP contribution in [0.3, 0.4) is 0 Å². The summed E-state index contributed by atoms with van der Waals surface area (Å²) in [6.45, 7) is 8.25. The fourth-order valence-corrected chi connectivity index (χ4v) is 3.26. The van der Waals surface area contributed by atoms with Crippen LogP contribution in [-0.4, -0.2) is 15.5 Å². The van der Waals surface area contributed by atoms with Gasteiger partial charge < -0.3 is 9.88 Å². The Kier molecular flexibility index (Phi) is 4.03. The zero-order valence-corrected chi connectivity index (χ0v) is 14.4. The highest BCUT2D eigenvalue weighted by atomic mass is 19.1.